The summed E-state index contributed by atoms with van der Waals surface area (Å²) in [5, 5.41) is 0. The maximum atomic E-state index is 12.5. The lowest BCUT2D eigenvalue weighted by Crippen LogP contribution is -2.54. The lowest BCUT2D eigenvalue weighted by atomic mass is 10.0. The van der Waals surface area contributed by atoms with Gasteiger partial charge in [0.1, 0.15) is 0 Å². The van der Waals surface area contributed by atoms with Gasteiger partial charge >= 0.3 is 0 Å². The van der Waals surface area contributed by atoms with Crippen molar-refractivity contribution in [3.8, 4) is 0 Å². The third-order valence-electron chi connectivity index (χ3n) is 3.64. The Morgan fingerprint density at radius 2 is 1.95 bits per heavy atom. The molecule has 114 valence electrons. The molecule has 19 heavy (non-hydrogen) atoms. The second-order valence-corrected chi connectivity index (χ2v) is 7.13. The van der Waals surface area contributed by atoms with E-state index in [1.807, 2.05) is 0 Å². The average Bonchev–Trinajstić information content (AvgIpc) is 2.39. The minimum absolute atomic E-state index is 0. The molecule has 0 radical (unpaired) electrons. The SMILES string of the molecule is CC1CCCN(S(=O)(=O)N2CCOC(CN)C2)C1.Cl. The van der Waals surface area contributed by atoms with Crippen molar-refractivity contribution in [2.45, 2.75) is 25.9 Å². The number of morpholine rings is 1. The normalized spacial score (nSPS) is 30.8. The van der Waals surface area contributed by atoms with Gasteiger partial charge in [0.15, 0.2) is 0 Å². The van der Waals surface area contributed by atoms with Crippen LogP contribution in [0.4, 0.5) is 0 Å². The van der Waals surface area contributed by atoms with Gasteiger partial charge in [-0.25, -0.2) is 0 Å². The van der Waals surface area contributed by atoms with Crippen molar-refractivity contribution in [2.24, 2.45) is 11.7 Å². The van der Waals surface area contributed by atoms with E-state index >= 15 is 0 Å². The van der Waals surface area contributed by atoms with Gasteiger partial charge in [-0.3, -0.25) is 0 Å². The van der Waals surface area contributed by atoms with Gasteiger partial charge < -0.3 is 10.5 Å². The lowest BCUT2D eigenvalue weighted by molar-refractivity contribution is 0.00229. The van der Waals surface area contributed by atoms with Crippen LogP contribution in [0.3, 0.4) is 0 Å². The maximum absolute atomic E-state index is 12.5. The number of nitrogens with two attached hydrogens (primary N) is 1. The monoisotopic (exact) mass is 313 g/mol. The molecule has 0 saturated carbocycles. The summed E-state index contributed by atoms with van der Waals surface area (Å²) >= 11 is 0. The molecule has 0 aliphatic carbocycles. The van der Waals surface area contributed by atoms with Gasteiger partial charge in [0.05, 0.1) is 12.7 Å². The molecule has 0 aromatic heterocycles. The van der Waals surface area contributed by atoms with Crippen LogP contribution < -0.4 is 5.73 Å². The highest BCUT2D eigenvalue weighted by atomic mass is 35.5. The molecule has 2 unspecified atom stereocenters. The summed E-state index contributed by atoms with van der Waals surface area (Å²) in [4.78, 5) is 0. The number of hydrogen-bond acceptors (Lipinski definition) is 4. The molecule has 2 N–H and O–H groups in total. The summed E-state index contributed by atoms with van der Waals surface area (Å²) in [5.74, 6) is 0.444. The zero-order valence-corrected chi connectivity index (χ0v) is 13.0. The molecule has 2 aliphatic heterocycles. The maximum Gasteiger partial charge on any atom is 0.282 e. The van der Waals surface area contributed by atoms with Crippen LogP contribution >= 0.6 is 12.4 Å². The van der Waals surface area contributed by atoms with Crippen LogP contribution in [0.25, 0.3) is 0 Å². The Kier molecular flexibility index (Phi) is 6.49. The summed E-state index contributed by atoms with van der Waals surface area (Å²) in [5.41, 5.74) is 5.55. The third-order valence-corrected chi connectivity index (χ3v) is 5.61. The van der Waals surface area contributed by atoms with E-state index in [2.05, 4.69) is 6.92 Å². The van der Waals surface area contributed by atoms with Gasteiger partial charge in [-0.1, -0.05) is 6.92 Å². The molecule has 8 heteroatoms. The summed E-state index contributed by atoms with van der Waals surface area (Å²) in [6.45, 7) is 4.98. The van der Waals surface area contributed by atoms with Gasteiger partial charge in [-0.05, 0) is 18.8 Å². The molecule has 6 nitrogen and oxygen atoms in total. The highest BCUT2D eigenvalue weighted by molar-refractivity contribution is 7.86. The van der Waals surface area contributed by atoms with E-state index < -0.39 is 10.2 Å². The average molecular weight is 314 g/mol. The van der Waals surface area contributed by atoms with Crippen LogP contribution in [-0.2, 0) is 14.9 Å². The predicted octanol–water partition coefficient (Wildman–Crippen LogP) is 0.0444. The number of halogens is 1. The minimum atomic E-state index is -3.33. The molecule has 2 fully saturated rings. The van der Waals surface area contributed by atoms with Crippen LogP contribution in [0.1, 0.15) is 19.8 Å². The second kappa shape index (κ2) is 7.19. The first-order valence-electron chi connectivity index (χ1n) is 6.61. The van der Waals surface area contributed by atoms with Crippen molar-refractivity contribution in [3.63, 3.8) is 0 Å². The number of ether oxygens (including phenoxy) is 1. The van der Waals surface area contributed by atoms with E-state index in [0.29, 0.717) is 45.2 Å². The van der Waals surface area contributed by atoms with Crippen molar-refractivity contribution in [1.29, 1.82) is 0 Å². The Bertz CT molecular complexity index is 379. The van der Waals surface area contributed by atoms with Crippen LogP contribution in [-0.4, -0.2) is 62.5 Å². The van der Waals surface area contributed by atoms with Crippen molar-refractivity contribution in [2.75, 3.05) is 39.3 Å². The second-order valence-electron chi connectivity index (χ2n) is 5.20. The molecular weight excluding hydrogens is 290 g/mol. The topological polar surface area (TPSA) is 75.9 Å². The molecule has 2 aliphatic rings. The Morgan fingerprint density at radius 3 is 2.58 bits per heavy atom. The Labute approximate surface area is 121 Å². The molecule has 2 heterocycles. The van der Waals surface area contributed by atoms with Crippen LogP contribution in [0, 0.1) is 5.92 Å². The highest BCUT2D eigenvalue weighted by Gasteiger charge is 2.35. The third kappa shape index (κ3) is 4.03. The van der Waals surface area contributed by atoms with Gasteiger partial charge in [0, 0.05) is 32.7 Å². The lowest BCUT2D eigenvalue weighted by Gasteiger charge is -2.37. The van der Waals surface area contributed by atoms with E-state index in [0.717, 1.165) is 12.8 Å². The first-order valence-corrected chi connectivity index (χ1v) is 8.00. The zero-order chi connectivity index (χ0) is 13.2. The van der Waals surface area contributed by atoms with Gasteiger partial charge in [-0.2, -0.15) is 17.0 Å². The highest BCUT2D eigenvalue weighted by Crippen LogP contribution is 2.21. The Balaban J connectivity index is 0.00000180. The minimum Gasteiger partial charge on any atom is -0.374 e. The van der Waals surface area contributed by atoms with E-state index in [1.54, 1.807) is 4.31 Å². The van der Waals surface area contributed by atoms with Crippen LogP contribution in [0.5, 0.6) is 0 Å². The Hall–Kier alpha value is 0.0800. The quantitative estimate of drug-likeness (QED) is 0.798. The van der Waals surface area contributed by atoms with E-state index in [1.165, 1.54) is 4.31 Å². The molecule has 2 rings (SSSR count). The molecule has 2 atom stereocenters. The van der Waals surface area contributed by atoms with Gasteiger partial charge in [-0.15, -0.1) is 12.4 Å². The molecule has 2 saturated heterocycles. The van der Waals surface area contributed by atoms with E-state index in [-0.39, 0.29) is 18.5 Å². The van der Waals surface area contributed by atoms with Gasteiger partial charge in [0.2, 0.25) is 0 Å². The smallest absolute Gasteiger partial charge is 0.282 e. The standard InChI is InChI=1S/C11H23N3O3S.ClH/c1-10-3-2-4-13(8-10)18(15,16)14-5-6-17-11(7-12)9-14;/h10-11H,2-9,12H2,1H3;1H. The number of piperidine rings is 1. The number of nitrogens with zero attached hydrogens (tertiary/aromatic N) is 2. The van der Waals surface area contributed by atoms with Crippen LogP contribution in [0.15, 0.2) is 0 Å². The molecule has 0 amide bonds. The fourth-order valence-electron chi connectivity index (χ4n) is 2.56. The fourth-order valence-corrected chi connectivity index (χ4v) is 4.35. The molecule has 0 spiro atoms. The zero-order valence-electron chi connectivity index (χ0n) is 11.3. The van der Waals surface area contributed by atoms with Crippen molar-refractivity contribution in [3.05, 3.63) is 0 Å². The molecule has 0 bridgehead atoms. The summed E-state index contributed by atoms with van der Waals surface area (Å²) in [7, 11) is -3.33. The molecule has 0 aromatic carbocycles. The molecular formula is C11H24ClN3O3S. The van der Waals surface area contributed by atoms with E-state index in [4.69, 9.17) is 10.5 Å². The first kappa shape index (κ1) is 17.1. The van der Waals surface area contributed by atoms with Crippen LogP contribution in [0.2, 0.25) is 0 Å². The first-order chi connectivity index (χ1) is 8.54. The number of rotatable bonds is 3. The summed E-state index contributed by atoms with van der Waals surface area (Å²) < 4.78 is 33.5. The largest absolute Gasteiger partial charge is 0.374 e. The summed E-state index contributed by atoms with van der Waals surface area (Å²) in [6.07, 6.45) is 1.89. The Morgan fingerprint density at radius 1 is 1.26 bits per heavy atom. The summed E-state index contributed by atoms with van der Waals surface area (Å²) in [6, 6.07) is 0. The van der Waals surface area contributed by atoms with Crippen molar-refractivity contribution >= 4 is 22.6 Å². The molecule has 0 aromatic rings. The van der Waals surface area contributed by atoms with Crippen molar-refractivity contribution < 1.29 is 13.2 Å². The van der Waals surface area contributed by atoms with Crippen molar-refractivity contribution in [1.82, 2.24) is 8.61 Å². The van der Waals surface area contributed by atoms with Gasteiger partial charge in [0.25, 0.3) is 10.2 Å². The number of hydrogen-bond donors (Lipinski definition) is 1. The van der Waals surface area contributed by atoms with E-state index in [9.17, 15) is 8.42 Å². The predicted molar refractivity (Wildman–Crippen MR) is 76.5 cm³/mol. The fraction of sp³-hybridized carbons (Fsp3) is 1.00.